The van der Waals surface area contributed by atoms with Gasteiger partial charge in [-0.3, -0.25) is 14.7 Å². The molecular weight excluding hydrogens is 364 g/mol. The molecule has 0 aromatic carbocycles. The van der Waals surface area contributed by atoms with Crippen LogP contribution in [0.5, 0.6) is 0 Å². The molecular formula is C23H30N4O2. The second-order valence-corrected chi connectivity index (χ2v) is 9.18. The van der Waals surface area contributed by atoms with Gasteiger partial charge < -0.3 is 15.0 Å². The van der Waals surface area contributed by atoms with Gasteiger partial charge in [0.15, 0.2) is 0 Å². The van der Waals surface area contributed by atoms with Crippen molar-refractivity contribution < 1.29 is 5.11 Å². The van der Waals surface area contributed by atoms with Crippen molar-refractivity contribution in [3.05, 3.63) is 63.3 Å². The number of piperidine rings is 2. The third kappa shape index (κ3) is 3.54. The van der Waals surface area contributed by atoms with Crippen LogP contribution in [0, 0.1) is 12.8 Å². The third-order valence-corrected chi connectivity index (χ3v) is 7.05. The molecule has 2 saturated heterocycles. The SMILES string of the molecule is Cc1ccc(C2(O)CCN(Cc3ccc4n(c3=O)C[C@@H]3CNC[C@H]4C3)CC2)nc1. The minimum atomic E-state index is -0.862. The average Bonchev–Trinajstić information content (AvgIpc) is 2.73. The zero-order chi connectivity index (χ0) is 20.0. The largest absolute Gasteiger partial charge is 0.383 e. The summed E-state index contributed by atoms with van der Waals surface area (Å²) in [4.78, 5) is 19.9. The summed E-state index contributed by atoms with van der Waals surface area (Å²) in [5, 5.41) is 14.6. The third-order valence-electron chi connectivity index (χ3n) is 7.05. The highest BCUT2D eigenvalue weighted by molar-refractivity contribution is 5.23. The lowest BCUT2D eigenvalue weighted by atomic mass is 9.84. The predicted octanol–water partition coefficient (Wildman–Crippen LogP) is 1.74. The Balaban J connectivity index is 1.29. The number of hydrogen-bond donors (Lipinski definition) is 2. The maximum absolute atomic E-state index is 13.2. The van der Waals surface area contributed by atoms with Gasteiger partial charge in [0, 0.05) is 56.1 Å². The highest BCUT2D eigenvalue weighted by Gasteiger charge is 2.36. The van der Waals surface area contributed by atoms with E-state index in [0.29, 0.717) is 31.2 Å². The molecule has 2 fully saturated rings. The molecule has 0 saturated carbocycles. The molecule has 154 valence electrons. The summed E-state index contributed by atoms with van der Waals surface area (Å²) in [5.74, 6) is 1.04. The van der Waals surface area contributed by atoms with Crippen molar-refractivity contribution in [2.24, 2.45) is 5.92 Å². The van der Waals surface area contributed by atoms with E-state index in [-0.39, 0.29) is 5.56 Å². The topological polar surface area (TPSA) is 70.4 Å². The number of aromatic nitrogens is 2. The van der Waals surface area contributed by atoms with Gasteiger partial charge >= 0.3 is 0 Å². The molecule has 2 aromatic heterocycles. The molecule has 0 amide bonds. The van der Waals surface area contributed by atoms with Gasteiger partial charge in [0.05, 0.1) is 5.69 Å². The molecule has 0 radical (unpaired) electrons. The van der Waals surface area contributed by atoms with Crippen LogP contribution in [0.15, 0.2) is 35.3 Å². The minimum Gasteiger partial charge on any atom is -0.383 e. The minimum absolute atomic E-state index is 0.181. The number of aryl methyl sites for hydroxylation is 1. The number of likely N-dealkylation sites (tertiary alicyclic amines) is 1. The van der Waals surface area contributed by atoms with Crippen molar-refractivity contribution in [2.75, 3.05) is 26.2 Å². The van der Waals surface area contributed by atoms with Gasteiger partial charge in [-0.15, -0.1) is 0 Å². The molecule has 2 bridgehead atoms. The molecule has 2 atom stereocenters. The maximum atomic E-state index is 13.2. The Morgan fingerprint density at radius 3 is 2.79 bits per heavy atom. The van der Waals surface area contributed by atoms with Gasteiger partial charge in [-0.1, -0.05) is 12.1 Å². The van der Waals surface area contributed by atoms with Crippen LogP contribution >= 0.6 is 0 Å². The van der Waals surface area contributed by atoms with E-state index >= 15 is 0 Å². The van der Waals surface area contributed by atoms with E-state index in [1.165, 1.54) is 12.1 Å². The molecule has 0 aliphatic carbocycles. The molecule has 5 rings (SSSR count). The van der Waals surface area contributed by atoms with Crippen molar-refractivity contribution in [2.45, 2.75) is 50.8 Å². The van der Waals surface area contributed by atoms with E-state index in [4.69, 9.17) is 0 Å². The molecule has 2 N–H and O–H groups in total. The van der Waals surface area contributed by atoms with E-state index in [9.17, 15) is 9.90 Å². The molecule has 6 nitrogen and oxygen atoms in total. The van der Waals surface area contributed by atoms with Crippen LogP contribution in [0.4, 0.5) is 0 Å². The maximum Gasteiger partial charge on any atom is 0.255 e. The number of pyridine rings is 2. The summed E-state index contributed by atoms with van der Waals surface area (Å²) in [5.41, 5.74) is 3.25. The molecule has 3 aliphatic rings. The van der Waals surface area contributed by atoms with Crippen LogP contribution in [0.3, 0.4) is 0 Å². The quantitative estimate of drug-likeness (QED) is 0.830. The Hall–Kier alpha value is -2.02. The molecule has 3 aliphatic heterocycles. The number of fused-ring (bicyclic) bond motifs is 4. The molecule has 0 spiro atoms. The van der Waals surface area contributed by atoms with Gasteiger partial charge in [0.25, 0.3) is 5.56 Å². The summed E-state index contributed by atoms with van der Waals surface area (Å²) in [7, 11) is 0. The highest BCUT2D eigenvalue weighted by Crippen LogP contribution is 2.33. The normalized spacial score (nSPS) is 26.1. The van der Waals surface area contributed by atoms with Gasteiger partial charge in [0.1, 0.15) is 5.60 Å². The standard InChI is InChI=1S/C23H30N4O2/c1-16-2-5-21(25-11-16)23(29)6-8-26(9-7-23)15-18-3-4-20-19-10-17(12-24-13-19)14-27(20)22(18)28/h2-5,11,17,19,24,29H,6-10,12-15H2,1H3/t17-,19+/m0/s1. The Labute approximate surface area is 171 Å². The number of hydrogen-bond acceptors (Lipinski definition) is 5. The summed E-state index contributed by atoms with van der Waals surface area (Å²) in [6.07, 6.45) is 4.30. The Bertz CT molecular complexity index is 944. The molecule has 6 heteroatoms. The molecule has 5 heterocycles. The van der Waals surface area contributed by atoms with Crippen molar-refractivity contribution in [1.82, 2.24) is 19.8 Å². The van der Waals surface area contributed by atoms with Crippen molar-refractivity contribution >= 4 is 0 Å². The number of rotatable bonds is 3. The summed E-state index contributed by atoms with van der Waals surface area (Å²) >= 11 is 0. The Morgan fingerprint density at radius 1 is 1.21 bits per heavy atom. The van der Waals surface area contributed by atoms with E-state index in [1.807, 2.05) is 35.9 Å². The van der Waals surface area contributed by atoms with Crippen LogP contribution < -0.4 is 10.9 Å². The van der Waals surface area contributed by atoms with Crippen molar-refractivity contribution in [3.63, 3.8) is 0 Å². The van der Waals surface area contributed by atoms with Crippen LogP contribution in [0.1, 0.15) is 47.7 Å². The van der Waals surface area contributed by atoms with Crippen molar-refractivity contribution in [3.8, 4) is 0 Å². The Morgan fingerprint density at radius 2 is 2.03 bits per heavy atom. The first kappa shape index (κ1) is 19.0. The second kappa shape index (κ2) is 7.35. The van der Waals surface area contributed by atoms with Crippen LogP contribution in [0.2, 0.25) is 0 Å². The van der Waals surface area contributed by atoms with Crippen LogP contribution in [-0.2, 0) is 18.7 Å². The predicted molar refractivity (Wildman–Crippen MR) is 112 cm³/mol. The van der Waals surface area contributed by atoms with Crippen LogP contribution in [-0.4, -0.2) is 45.7 Å². The van der Waals surface area contributed by atoms with Gasteiger partial charge in [-0.25, -0.2) is 0 Å². The first-order valence-corrected chi connectivity index (χ1v) is 10.8. The first-order chi connectivity index (χ1) is 14.0. The average molecular weight is 395 g/mol. The summed E-state index contributed by atoms with van der Waals surface area (Å²) < 4.78 is 2.03. The van der Waals surface area contributed by atoms with E-state index < -0.39 is 5.60 Å². The Kier molecular flexibility index (Phi) is 4.81. The zero-order valence-electron chi connectivity index (χ0n) is 17.1. The number of nitrogens with one attached hydrogen (secondary N) is 1. The van der Waals surface area contributed by atoms with Gasteiger partial charge in [-0.2, -0.15) is 0 Å². The smallest absolute Gasteiger partial charge is 0.255 e. The number of nitrogens with zero attached hydrogens (tertiary/aromatic N) is 3. The fourth-order valence-corrected chi connectivity index (χ4v) is 5.28. The highest BCUT2D eigenvalue weighted by atomic mass is 16.3. The lowest BCUT2D eigenvalue weighted by molar-refractivity contribution is -0.0312. The van der Waals surface area contributed by atoms with Gasteiger partial charge in [-0.05, 0) is 56.3 Å². The van der Waals surface area contributed by atoms with Crippen LogP contribution in [0.25, 0.3) is 0 Å². The lowest BCUT2D eigenvalue weighted by Gasteiger charge is -2.39. The fraction of sp³-hybridized carbons (Fsp3) is 0.565. The zero-order valence-corrected chi connectivity index (χ0v) is 17.1. The van der Waals surface area contributed by atoms with Crippen molar-refractivity contribution in [1.29, 1.82) is 0 Å². The van der Waals surface area contributed by atoms with E-state index in [2.05, 4.69) is 21.3 Å². The van der Waals surface area contributed by atoms with E-state index in [0.717, 1.165) is 49.5 Å². The molecule has 2 aromatic rings. The monoisotopic (exact) mass is 394 g/mol. The molecule has 0 unspecified atom stereocenters. The molecule has 29 heavy (non-hydrogen) atoms. The fourth-order valence-electron chi connectivity index (χ4n) is 5.28. The van der Waals surface area contributed by atoms with Gasteiger partial charge in [0.2, 0.25) is 0 Å². The van der Waals surface area contributed by atoms with E-state index in [1.54, 1.807) is 0 Å². The summed E-state index contributed by atoms with van der Waals surface area (Å²) in [6, 6.07) is 8.14. The summed E-state index contributed by atoms with van der Waals surface area (Å²) in [6.45, 7) is 7.03. The number of aliphatic hydroxyl groups is 1. The lowest BCUT2D eigenvalue weighted by Crippen LogP contribution is -2.46. The first-order valence-electron chi connectivity index (χ1n) is 10.8. The second-order valence-electron chi connectivity index (χ2n) is 9.18.